The zero-order valence-electron chi connectivity index (χ0n) is 13.5. The number of carbonyl (C=O) groups excluding carboxylic acids is 1. The summed E-state index contributed by atoms with van der Waals surface area (Å²) in [4.78, 5) is 14.0. The highest BCUT2D eigenvalue weighted by Gasteiger charge is 2.39. The Morgan fingerprint density at radius 2 is 2.00 bits per heavy atom. The van der Waals surface area contributed by atoms with Crippen LogP contribution in [0.4, 0.5) is 18.9 Å². The minimum Gasteiger partial charge on any atom is -0.406 e. The van der Waals surface area contributed by atoms with E-state index in [1.807, 2.05) is 0 Å². The average molecular weight is 342 g/mol. The van der Waals surface area contributed by atoms with E-state index < -0.39 is 6.36 Å². The molecule has 1 aliphatic carbocycles. The Bertz CT molecular complexity index is 588. The van der Waals surface area contributed by atoms with Gasteiger partial charge in [0.25, 0.3) is 0 Å². The molecule has 2 fully saturated rings. The number of benzene rings is 1. The zero-order chi connectivity index (χ0) is 17.3. The van der Waals surface area contributed by atoms with Gasteiger partial charge >= 0.3 is 6.36 Å². The summed E-state index contributed by atoms with van der Waals surface area (Å²) in [5.41, 5.74) is 0.870. The lowest BCUT2D eigenvalue weighted by Crippen LogP contribution is -2.32. The fourth-order valence-corrected chi connectivity index (χ4v) is 3.16. The molecule has 1 N–H and O–H groups in total. The SMILES string of the molecule is CC1CC1C(=O)NCC1CCN(c2ccc(OC(F)(F)F)cc2)C1. The molecule has 1 aliphatic heterocycles. The van der Waals surface area contributed by atoms with Crippen LogP contribution in [-0.2, 0) is 4.79 Å². The second-order valence-electron chi connectivity index (χ2n) is 6.71. The maximum absolute atomic E-state index is 12.2. The first-order valence-corrected chi connectivity index (χ1v) is 8.20. The summed E-state index contributed by atoms with van der Waals surface area (Å²) in [5.74, 6) is 0.989. The van der Waals surface area contributed by atoms with E-state index in [-0.39, 0.29) is 17.6 Å². The van der Waals surface area contributed by atoms with Crippen molar-refractivity contribution in [3.63, 3.8) is 0 Å². The third kappa shape index (κ3) is 4.33. The van der Waals surface area contributed by atoms with Crippen LogP contribution < -0.4 is 15.0 Å². The predicted octanol–water partition coefficient (Wildman–Crippen LogP) is 3.18. The number of hydrogen-bond donors (Lipinski definition) is 1. The van der Waals surface area contributed by atoms with Crippen LogP contribution >= 0.6 is 0 Å². The third-order valence-electron chi connectivity index (χ3n) is 4.73. The van der Waals surface area contributed by atoms with Gasteiger partial charge in [-0.2, -0.15) is 0 Å². The maximum atomic E-state index is 12.2. The Kier molecular flexibility index (Phi) is 4.60. The van der Waals surface area contributed by atoms with Crippen LogP contribution in [0.15, 0.2) is 24.3 Å². The van der Waals surface area contributed by atoms with Gasteiger partial charge in [-0.3, -0.25) is 4.79 Å². The van der Waals surface area contributed by atoms with E-state index in [4.69, 9.17) is 0 Å². The van der Waals surface area contributed by atoms with Crippen LogP contribution in [0.1, 0.15) is 19.8 Å². The molecule has 24 heavy (non-hydrogen) atoms. The number of nitrogens with one attached hydrogen (secondary N) is 1. The van der Waals surface area contributed by atoms with Crippen molar-refractivity contribution < 1.29 is 22.7 Å². The second-order valence-corrected chi connectivity index (χ2v) is 6.71. The molecule has 0 spiro atoms. The molecular formula is C17H21F3N2O2. The van der Waals surface area contributed by atoms with Crippen LogP contribution in [0.2, 0.25) is 0 Å². The van der Waals surface area contributed by atoms with Crippen LogP contribution in [0, 0.1) is 17.8 Å². The van der Waals surface area contributed by atoms with Gasteiger partial charge in [0.15, 0.2) is 0 Å². The van der Waals surface area contributed by atoms with Gasteiger partial charge in [-0.05, 0) is 48.9 Å². The first kappa shape index (κ1) is 16.9. The lowest BCUT2D eigenvalue weighted by Gasteiger charge is -2.19. The molecule has 3 unspecified atom stereocenters. The van der Waals surface area contributed by atoms with Crippen LogP contribution in [0.5, 0.6) is 5.75 Å². The van der Waals surface area contributed by atoms with E-state index in [1.165, 1.54) is 12.1 Å². The number of nitrogens with zero attached hydrogens (tertiary/aromatic N) is 1. The van der Waals surface area contributed by atoms with Gasteiger partial charge in [0, 0.05) is 31.2 Å². The highest BCUT2D eigenvalue weighted by atomic mass is 19.4. The molecule has 132 valence electrons. The number of alkyl halides is 3. The number of hydrogen-bond acceptors (Lipinski definition) is 3. The molecule has 7 heteroatoms. The molecule has 0 radical (unpaired) electrons. The smallest absolute Gasteiger partial charge is 0.406 e. The number of rotatable bonds is 5. The van der Waals surface area contributed by atoms with Crippen LogP contribution in [0.25, 0.3) is 0 Å². The molecule has 1 amide bonds. The van der Waals surface area contributed by atoms with Gasteiger partial charge in [0.1, 0.15) is 5.75 Å². The number of anilines is 1. The van der Waals surface area contributed by atoms with Crippen molar-refractivity contribution in [2.45, 2.75) is 26.1 Å². The van der Waals surface area contributed by atoms with Gasteiger partial charge in [-0.1, -0.05) is 6.92 Å². The molecule has 1 heterocycles. The molecule has 1 saturated heterocycles. The van der Waals surface area contributed by atoms with Gasteiger partial charge < -0.3 is 15.0 Å². The summed E-state index contributed by atoms with van der Waals surface area (Å²) in [6.45, 7) is 4.36. The Hall–Kier alpha value is -1.92. The Balaban J connectivity index is 1.47. The van der Waals surface area contributed by atoms with Crippen molar-refractivity contribution in [1.29, 1.82) is 0 Å². The van der Waals surface area contributed by atoms with E-state index >= 15 is 0 Å². The van der Waals surface area contributed by atoms with E-state index in [2.05, 4.69) is 21.9 Å². The van der Waals surface area contributed by atoms with Gasteiger partial charge in [0.2, 0.25) is 5.91 Å². The normalized spacial score (nSPS) is 26.3. The van der Waals surface area contributed by atoms with E-state index in [0.717, 1.165) is 31.6 Å². The molecule has 1 aromatic rings. The number of halogens is 3. The molecule has 3 rings (SSSR count). The second kappa shape index (κ2) is 6.53. The van der Waals surface area contributed by atoms with Crippen molar-refractivity contribution in [3.8, 4) is 5.75 Å². The number of ether oxygens (including phenoxy) is 1. The van der Waals surface area contributed by atoms with E-state index in [0.29, 0.717) is 18.4 Å². The Morgan fingerprint density at radius 1 is 1.33 bits per heavy atom. The van der Waals surface area contributed by atoms with Crippen LogP contribution in [-0.4, -0.2) is 31.9 Å². The number of amides is 1. The first-order chi connectivity index (χ1) is 11.3. The van der Waals surface area contributed by atoms with E-state index in [1.54, 1.807) is 12.1 Å². The Labute approximate surface area is 139 Å². The minimum atomic E-state index is -4.67. The summed E-state index contributed by atoms with van der Waals surface area (Å²) in [7, 11) is 0. The molecule has 1 saturated carbocycles. The predicted molar refractivity (Wildman–Crippen MR) is 83.7 cm³/mol. The summed E-state index contributed by atoms with van der Waals surface area (Å²) >= 11 is 0. The lowest BCUT2D eigenvalue weighted by atomic mass is 10.1. The summed E-state index contributed by atoms with van der Waals surface area (Å²) in [6, 6.07) is 5.92. The maximum Gasteiger partial charge on any atom is 0.573 e. The monoisotopic (exact) mass is 342 g/mol. The summed E-state index contributed by atoms with van der Waals surface area (Å²) in [5, 5.41) is 3.01. The Morgan fingerprint density at radius 3 is 2.58 bits per heavy atom. The van der Waals surface area contributed by atoms with Crippen molar-refractivity contribution in [3.05, 3.63) is 24.3 Å². The van der Waals surface area contributed by atoms with Gasteiger partial charge in [-0.25, -0.2) is 0 Å². The fourth-order valence-electron chi connectivity index (χ4n) is 3.16. The zero-order valence-corrected chi connectivity index (χ0v) is 13.5. The van der Waals surface area contributed by atoms with Gasteiger partial charge in [0.05, 0.1) is 0 Å². The van der Waals surface area contributed by atoms with Gasteiger partial charge in [-0.15, -0.1) is 13.2 Å². The van der Waals surface area contributed by atoms with Crippen molar-refractivity contribution in [2.75, 3.05) is 24.5 Å². The average Bonchev–Trinajstić information content (AvgIpc) is 3.06. The highest BCUT2D eigenvalue weighted by Crippen LogP contribution is 2.37. The third-order valence-corrected chi connectivity index (χ3v) is 4.73. The number of carbonyl (C=O) groups is 1. The molecule has 1 aromatic carbocycles. The lowest BCUT2D eigenvalue weighted by molar-refractivity contribution is -0.274. The molecule has 2 aliphatic rings. The van der Waals surface area contributed by atoms with E-state index in [9.17, 15) is 18.0 Å². The molecule has 0 bridgehead atoms. The molecule has 4 nitrogen and oxygen atoms in total. The molecular weight excluding hydrogens is 321 g/mol. The molecule has 3 atom stereocenters. The van der Waals surface area contributed by atoms with Crippen molar-refractivity contribution in [2.24, 2.45) is 17.8 Å². The van der Waals surface area contributed by atoms with Crippen molar-refractivity contribution >= 4 is 11.6 Å². The minimum absolute atomic E-state index is 0.148. The topological polar surface area (TPSA) is 41.6 Å². The summed E-state index contributed by atoms with van der Waals surface area (Å²) < 4.78 is 40.4. The summed E-state index contributed by atoms with van der Waals surface area (Å²) in [6.07, 6.45) is -2.73. The standard InChI is InChI=1S/C17H21F3N2O2/c1-11-8-15(11)16(23)21-9-12-6-7-22(10-12)13-2-4-14(5-3-13)24-17(18,19)20/h2-5,11-12,15H,6-10H2,1H3,(H,21,23). The molecule has 0 aromatic heterocycles. The quantitative estimate of drug-likeness (QED) is 0.894. The fraction of sp³-hybridized carbons (Fsp3) is 0.588. The largest absolute Gasteiger partial charge is 0.573 e. The van der Waals surface area contributed by atoms with Crippen molar-refractivity contribution in [1.82, 2.24) is 5.32 Å². The highest BCUT2D eigenvalue weighted by molar-refractivity contribution is 5.81. The first-order valence-electron chi connectivity index (χ1n) is 8.20. The van der Waals surface area contributed by atoms with Crippen LogP contribution in [0.3, 0.4) is 0 Å².